The van der Waals surface area contributed by atoms with E-state index in [1.165, 1.54) is 0 Å². The lowest BCUT2D eigenvalue weighted by Gasteiger charge is -2.14. The fourth-order valence-electron chi connectivity index (χ4n) is 2.12. The molecule has 1 aromatic carbocycles. The van der Waals surface area contributed by atoms with Gasteiger partial charge >= 0.3 is 0 Å². The summed E-state index contributed by atoms with van der Waals surface area (Å²) in [5.41, 5.74) is 6.76. The van der Waals surface area contributed by atoms with Crippen molar-refractivity contribution in [3.05, 3.63) is 23.2 Å². The first-order chi connectivity index (χ1) is 9.04. The van der Waals surface area contributed by atoms with E-state index in [1.807, 2.05) is 0 Å². The van der Waals surface area contributed by atoms with Crippen LogP contribution in [0.1, 0.15) is 12.8 Å². The van der Waals surface area contributed by atoms with E-state index in [2.05, 4.69) is 10.2 Å². The lowest BCUT2D eigenvalue weighted by molar-refractivity contribution is -0.116. The number of carbonyl (C=O) groups excluding carboxylic acids is 1. The normalized spacial score (nSPS) is 19.6. The van der Waals surface area contributed by atoms with Gasteiger partial charge in [-0.1, -0.05) is 11.6 Å². The van der Waals surface area contributed by atoms with Crippen LogP contribution >= 0.6 is 11.6 Å². The SMILES string of the molecule is Nc1cc(NC(=O)CCN2CCC(O)C2)ccc1Cl. The Hall–Kier alpha value is -1.30. The minimum atomic E-state index is -0.251. The van der Waals surface area contributed by atoms with Crippen LogP contribution in [-0.2, 0) is 4.79 Å². The van der Waals surface area contributed by atoms with Crippen LogP contribution < -0.4 is 11.1 Å². The standard InChI is InChI=1S/C13H18ClN3O2/c14-11-2-1-9(7-12(11)15)16-13(19)4-6-17-5-3-10(18)8-17/h1-2,7,10,18H,3-6,8,15H2,(H,16,19). The largest absolute Gasteiger partial charge is 0.397 e. The number of anilines is 2. The van der Waals surface area contributed by atoms with E-state index in [-0.39, 0.29) is 12.0 Å². The molecule has 4 N–H and O–H groups in total. The van der Waals surface area contributed by atoms with Gasteiger partial charge in [0.05, 0.1) is 16.8 Å². The van der Waals surface area contributed by atoms with Crippen LogP contribution in [0, 0.1) is 0 Å². The van der Waals surface area contributed by atoms with E-state index >= 15 is 0 Å². The van der Waals surface area contributed by atoms with Gasteiger partial charge in [0.1, 0.15) is 0 Å². The predicted octanol–water partition coefficient (Wildman–Crippen LogP) is 1.32. The Labute approximate surface area is 117 Å². The first kappa shape index (κ1) is 14.1. The van der Waals surface area contributed by atoms with Gasteiger partial charge < -0.3 is 21.1 Å². The summed E-state index contributed by atoms with van der Waals surface area (Å²) in [6.45, 7) is 2.16. The van der Waals surface area contributed by atoms with Gasteiger partial charge in [-0.2, -0.15) is 0 Å². The number of halogens is 1. The smallest absolute Gasteiger partial charge is 0.225 e. The molecule has 1 amide bonds. The molecule has 0 radical (unpaired) electrons. The van der Waals surface area contributed by atoms with Crippen LogP contribution in [-0.4, -0.2) is 41.7 Å². The maximum Gasteiger partial charge on any atom is 0.225 e. The van der Waals surface area contributed by atoms with E-state index in [1.54, 1.807) is 18.2 Å². The molecule has 0 aliphatic carbocycles. The molecule has 1 saturated heterocycles. The molecule has 0 saturated carbocycles. The number of benzene rings is 1. The Kier molecular flexibility index (Phi) is 4.63. The fraction of sp³-hybridized carbons (Fsp3) is 0.462. The predicted molar refractivity (Wildman–Crippen MR) is 76.2 cm³/mol. The molecule has 1 atom stereocenters. The Morgan fingerprint density at radius 1 is 1.58 bits per heavy atom. The second-order valence-electron chi connectivity index (χ2n) is 4.78. The second-order valence-corrected chi connectivity index (χ2v) is 5.18. The Bertz CT molecular complexity index is 467. The molecule has 1 aliphatic rings. The highest BCUT2D eigenvalue weighted by atomic mass is 35.5. The van der Waals surface area contributed by atoms with Crippen molar-refractivity contribution in [3.63, 3.8) is 0 Å². The quantitative estimate of drug-likeness (QED) is 0.728. The van der Waals surface area contributed by atoms with Crippen LogP contribution in [0.3, 0.4) is 0 Å². The number of aliphatic hydroxyl groups excluding tert-OH is 1. The lowest BCUT2D eigenvalue weighted by Crippen LogP contribution is -2.26. The summed E-state index contributed by atoms with van der Waals surface area (Å²) in [7, 11) is 0. The number of carbonyl (C=O) groups is 1. The van der Waals surface area contributed by atoms with E-state index in [9.17, 15) is 9.90 Å². The van der Waals surface area contributed by atoms with Crippen LogP contribution in [0.15, 0.2) is 18.2 Å². The minimum absolute atomic E-state index is 0.0666. The first-order valence-corrected chi connectivity index (χ1v) is 6.67. The maximum absolute atomic E-state index is 11.8. The summed E-state index contributed by atoms with van der Waals surface area (Å²) in [6, 6.07) is 5.01. The van der Waals surface area contributed by atoms with Gasteiger partial charge in [-0.3, -0.25) is 4.79 Å². The third-order valence-electron chi connectivity index (χ3n) is 3.18. The summed E-state index contributed by atoms with van der Waals surface area (Å²) in [6.07, 6.45) is 0.934. The molecule has 1 aliphatic heterocycles. The van der Waals surface area contributed by atoms with Crippen molar-refractivity contribution in [2.75, 3.05) is 30.7 Å². The second kappa shape index (κ2) is 6.23. The van der Waals surface area contributed by atoms with Crippen LogP contribution in [0.5, 0.6) is 0 Å². The van der Waals surface area contributed by atoms with Crippen molar-refractivity contribution in [3.8, 4) is 0 Å². The number of β-amino-alcohol motifs (C(OH)–C–C–N with tert-alkyl or cyclic N) is 1. The van der Waals surface area contributed by atoms with Crippen molar-refractivity contribution in [2.45, 2.75) is 18.9 Å². The molecule has 6 heteroatoms. The van der Waals surface area contributed by atoms with Gasteiger partial charge in [0.2, 0.25) is 5.91 Å². The molecular weight excluding hydrogens is 266 g/mol. The minimum Gasteiger partial charge on any atom is -0.397 e. The highest BCUT2D eigenvalue weighted by molar-refractivity contribution is 6.33. The topological polar surface area (TPSA) is 78.6 Å². The van der Waals surface area contributed by atoms with Crippen molar-refractivity contribution in [2.24, 2.45) is 0 Å². The van der Waals surface area contributed by atoms with Crippen LogP contribution in [0.2, 0.25) is 5.02 Å². The number of amides is 1. The van der Waals surface area contributed by atoms with E-state index in [0.29, 0.717) is 35.9 Å². The molecule has 1 fully saturated rings. The van der Waals surface area contributed by atoms with Gasteiger partial charge in [0.15, 0.2) is 0 Å². The molecule has 1 aromatic rings. The summed E-state index contributed by atoms with van der Waals surface area (Å²) in [5, 5.41) is 12.6. The number of aliphatic hydroxyl groups is 1. The fourth-order valence-corrected chi connectivity index (χ4v) is 2.24. The monoisotopic (exact) mass is 283 g/mol. The van der Waals surface area contributed by atoms with Gasteiger partial charge in [-0.25, -0.2) is 0 Å². The molecule has 5 nitrogen and oxygen atoms in total. The summed E-state index contributed by atoms with van der Waals surface area (Å²) in [5.74, 6) is -0.0666. The zero-order chi connectivity index (χ0) is 13.8. The van der Waals surface area contributed by atoms with Gasteiger partial charge in [0.25, 0.3) is 0 Å². The maximum atomic E-state index is 11.8. The van der Waals surface area contributed by atoms with Gasteiger partial charge in [-0.15, -0.1) is 0 Å². The number of likely N-dealkylation sites (tertiary alicyclic amines) is 1. The molecule has 0 aromatic heterocycles. The highest BCUT2D eigenvalue weighted by Crippen LogP contribution is 2.22. The van der Waals surface area contributed by atoms with Crippen molar-refractivity contribution in [1.82, 2.24) is 4.90 Å². The third kappa shape index (κ3) is 4.09. The highest BCUT2D eigenvalue weighted by Gasteiger charge is 2.20. The number of rotatable bonds is 4. The summed E-state index contributed by atoms with van der Waals surface area (Å²) < 4.78 is 0. The molecule has 1 unspecified atom stereocenters. The van der Waals surface area contributed by atoms with Crippen molar-refractivity contribution < 1.29 is 9.90 Å². The van der Waals surface area contributed by atoms with Crippen LogP contribution in [0.25, 0.3) is 0 Å². The Morgan fingerprint density at radius 3 is 3.00 bits per heavy atom. The molecule has 0 bridgehead atoms. The van der Waals surface area contributed by atoms with Crippen molar-refractivity contribution >= 4 is 28.9 Å². The molecular formula is C13H18ClN3O2. The first-order valence-electron chi connectivity index (χ1n) is 6.30. The summed E-state index contributed by atoms with van der Waals surface area (Å²) >= 11 is 5.81. The molecule has 19 heavy (non-hydrogen) atoms. The zero-order valence-electron chi connectivity index (χ0n) is 10.6. The van der Waals surface area contributed by atoms with Crippen molar-refractivity contribution in [1.29, 1.82) is 0 Å². The summed E-state index contributed by atoms with van der Waals surface area (Å²) in [4.78, 5) is 13.9. The van der Waals surface area contributed by atoms with Gasteiger partial charge in [0, 0.05) is 31.7 Å². The molecule has 1 heterocycles. The van der Waals surface area contributed by atoms with E-state index < -0.39 is 0 Å². The van der Waals surface area contributed by atoms with Crippen LogP contribution in [0.4, 0.5) is 11.4 Å². The number of nitrogens with one attached hydrogen (secondary N) is 1. The number of nitrogens with zero attached hydrogens (tertiary/aromatic N) is 1. The average molecular weight is 284 g/mol. The number of nitrogens with two attached hydrogens (primary N) is 1. The number of hydrogen-bond donors (Lipinski definition) is 3. The Morgan fingerprint density at radius 2 is 2.37 bits per heavy atom. The van der Waals surface area contributed by atoms with Gasteiger partial charge in [-0.05, 0) is 24.6 Å². The number of hydrogen-bond acceptors (Lipinski definition) is 4. The Balaban J connectivity index is 1.79. The van der Waals surface area contributed by atoms with E-state index in [0.717, 1.165) is 13.0 Å². The third-order valence-corrected chi connectivity index (χ3v) is 3.53. The zero-order valence-corrected chi connectivity index (χ0v) is 11.4. The molecule has 104 valence electrons. The van der Waals surface area contributed by atoms with E-state index in [4.69, 9.17) is 17.3 Å². The molecule has 0 spiro atoms. The average Bonchev–Trinajstić information content (AvgIpc) is 2.77. The molecule has 2 rings (SSSR count). The lowest BCUT2D eigenvalue weighted by atomic mass is 10.2. The number of nitrogen functional groups attached to an aromatic ring is 1.